The molecule has 0 bridgehead atoms. The quantitative estimate of drug-likeness (QED) is 0.572. The molecule has 2 N–H and O–H groups in total. The molecular formula is C12H17Cl2NO2S. The fourth-order valence-corrected chi connectivity index (χ4v) is 2.49. The predicted molar refractivity (Wildman–Crippen MR) is 77.9 cm³/mol. The third kappa shape index (κ3) is 6.27. The molecule has 102 valence electrons. The molecule has 0 amide bonds. The molecule has 1 unspecified atom stereocenters. The summed E-state index contributed by atoms with van der Waals surface area (Å²) in [5.41, 5.74) is 0. The fourth-order valence-electron chi connectivity index (χ4n) is 1.26. The summed E-state index contributed by atoms with van der Waals surface area (Å²) in [6.45, 7) is 1.94. The third-order valence-corrected chi connectivity index (χ3v) is 4.07. The number of halogens is 2. The van der Waals surface area contributed by atoms with Gasteiger partial charge >= 0.3 is 0 Å². The van der Waals surface area contributed by atoms with Crippen LogP contribution in [-0.2, 0) is 4.74 Å². The summed E-state index contributed by atoms with van der Waals surface area (Å²) < 4.78 is 4.90. The molecule has 0 radical (unpaired) electrons. The van der Waals surface area contributed by atoms with Gasteiger partial charge in [-0.3, -0.25) is 0 Å². The van der Waals surface area contributed by atoms with Gasteiger partial charge in [0, 0.05) is 30.8 Å². The van der Waals surface area contributed by atoms with Crippen molar-refractivity contribution in [2.24, 2.45) is 0 Å². The highest BCUT2D eigenvalue weighted by Crippen LogP contribution is 2.28. The van der Waals surface area contributed by atoms with Gasteiger partial charge in [-0.05, 0) is 18.2 Å². The van der Waals surface area contributed by atoms with E-state index in [1.165, 1.54) is 0 Å². The average molecular weight is 310 g/mol. The number of aliphatic hydroxyl groups is 1. The first-order chi connectivity index (χ1) is 8.63. The van der Waals surface area contributed by atoms with Crippen LogP contribution in [0.4, 0.5) is 0 Å². The molecule has 1 aromatic rings. The second-order valence-electron chi connectivity index (χ2n) is 3.74. The number of nitrogens with one attached hydrogen (secondary N) is 1. The maximum atomic E-state index is 9.75. The lowest BCUT2D eigenvalue weighted by molar-refractivity contribution is 0.175. The molecule has 0 aliphatic heterocycles. The van der Waals surface area contributed by atoms with Gasteiger partial charge in [0.15, 0.2) is 0 Å². The largest absolute Gasteiger partial charge is 0.391 e. The van der Waals surface area contributed by atoms with E-state index in [1.54, 1.807) is 31.0 Å². The SMILES string of the molecule is COCCNCC(O)CSc1ccc(Cl)c(Cl)c1. The van der Waals surface area contributed by atoms with Gasteiger partial charge in [-0.25, -0.2) is 0 Å². The lowest BCUT2D eigenvalue weighted by Crippen LogP contribution is -2.30. The topological polar surface area (TPSA) is 41.5 Å². The van der Waals surface area contributed by atoms with Gasteiger partial charge in [0.05, 0.1) is 22.8 Å². The van der Waals surface area contributed by atoms with Crippen LogP contribution in [0.5, 0.6) is 0 Å². The normalized spacial score (nSPS) is 12.7. The molecule has 1 aromatic carbocycles. The second-order valence-corrected chi connectivity index (χ2v) is 5.65. The number of aliphatic hydroxyl groups excluding tert-OH is 1. The summed E-state index contributed by atoms with van der Waals surface area (Å²) in [6.07, 6.45) is -0.402. The Kier molecular flexibility index (Phi) is 8.06. The van der Waals surface area contributed by atoms with Gasteiger partial charge in [0.2, 0.25) is 0 Å². The molecule has 3 nitrogen and oxygen atoms in total. The number of hydrogen-bond donors (Lipinski definition) is 2. The highest BCUT2D eigenvalue weighted by atomic mass is 35.5. The smallest absolute Gasteiger partial charge is 0.0758 e. The Balaban J connectivity index is 2.24. The minimum absolute atomic E-state index is 0.402. The van der Waals surface area contributed by atoms with Gasteiger partial charge in [-0.2, -0.15) is 0 Å². The standard InChI is InChI=1S/C12H17Cl2NO2S/c1-17-5-4-15-7-9(16)8-18-10-2-3-11(13)12(14)6-10/h2-3,6,9,15-16H,4-5,7-8H2,1H3. The Morgan fingerprint density at radius 2 is 2.17 bits per heavy atom. The summed E-state index contributed by atoms with van der Waals surface area (Å²) >= 11 is 13.3. The van der Waals surface area contributed by atoms with Gasteiger partial charge in [-0.15, -0.1) is 11.8 Å². The van der Waals surface area contributed by atoms with Gasteiger partial charge in [0.25, 0.3) is 0 Å². The van der Waals surface area contributed by atoms with Crippen LogP contribution in [0.3, 0.4) is 0 Å². The number of benzene rings is 1. The van der Waals surface area contributed by atoms with Crippen LogP contribution in [0.1, 0.15) is 0 Å². The Morgan fingerprint density at radius 1 is 1.39 bits per heavy atom. The molecule has 0 saturated carbocycles. The Labute approximate surface area is 122 Å². The van der Waals surface area contributed by atoms with E-state index in [0.29, 0.717) is 28.9 Å². The molecule has 1 atom stereocenters. The molecule has 0 saturated heterocycles. The van der Waals surface area contributed by atoms with E-state index in [1.807, 2.05) is 6.07 Å². The second kappa shape index (κ2) is 9.02. The first kappa shape index (κ1) is 16.1. The predicted octanol–water partition coefficient (Wildman–Crippen LogP) is 2.68. The Bertz CT molecular complexity index is 366. The molecular weight excluding hydrogens is 293 g/mol. The number of rotatable bonds is 8. The van der Waals surface area contributed by atoms with E-state index < -0.39 is 6.10 Å². The lowest BCUT2D eigenvalue weighted by atomic mass is 10.4. The van der Waals surface area contributed by atoms with Gasteiger partial charge in [-0.1, -0.05) is 23.2 Å². The van der Waals surface area contributed by atoms with Crippen molar-refractivity contribution in [1.29, 1.82) is 0 Å². The summed E-state index contributed by atoms with van der Waals surface area (Å²) in [4.78, 5) is 1.00. The summed E-state index contributed by atoms with van der Waals surface area (Å²) in [5.74, 6) is 0.609. The monoisotopic (exact) mass is 309 g/mol. The van der Waals surface area contributed by atoms with E-state index in [-0.39, 0.29) is 0 Å². The van der Waals surface area contributed by atoms with Crippen LogP contribution in [0.15, 0.2) is 23.1 Å². The van der Waals surface area contributed by atoms with Crippen molar-refractivity contribution in [3.05, 3.63) is 28.2 Å². The molecule has 0 aliphatic rings. The number of methoxy groups -OCH3 is 1. The number of ether oxygens (including phenoxy) is 1. The van der Waals surface area contributed by atoms with Gasteiger partial charge in [0.1, 0.15) is 0 Å². The molecule has 6 heteroatoms. The molecule has 1 rings (SSSR count). The molecule has 0 heterocycles. The van der Waals surface area contributed by atoms with Crippen LogP contribution in [0.2, 0.25) is 10.0 Å². The zero-order chi connectivity index (χ0) is 13.4. The Morgan fingerprint density at radius 3 is 2.83 bits per heavy atom. The minimum Gasteiger partial charge on any atom is -0.391 e. The minimum atomic E-state index is -0.402. The van der Waals surface area contributed by atoms with Crippen molar-refractivity contribution in [3.63, 3.8) is 0 Å². The van der Waals surface area contributed by atoms with E-state index >= 15 is 0 Å². The van der Waals surface area contributed by atoms with Crippen molar-refractivity contribution in [3.8, 4) is 0 Å². The van der Waals surface area contributed by atoms with E-state index in [0.717, 1.165) is 11.4 Å². The zero-order valence-corrected chi connectivity index (χ0v) is 12.5. The van der Waals surface area contributed by atoms with Crippen LogP contribution < -0.4 is 5.32 Å². The van der Waals surface area contributed by atoms with Crippen LogP contribution in [0.25, 0.3) is 0 Å². The third-order valence-electron chi connectivity index (χ3n) is 2.20. The van der Waals surface area contributed by atoms with E-state index in [2.05, 4.69) is 5.32 Å². The van der Waals surface area contributed by atoms with Crippen molar-refractivity contribution >= 4 is 35.0 Å². The summed E-state index contributed by atoms with van der Waals surface area (Å²) in [6, 6.07) is 5.46. The summed E-state index contributed by atoms with van der Waals surface area (Å²) in [5, 5.41) is 13.9. The molecule has 0 aromatic heterocycles. The molecule has 0 fully saturated rings. The maximum absolute atomic E-state index is 9.75. The van der Waals surface area contributed by atoms with Gasteiger partial charge < -0.3 is 15.2 Å². The zero-order valence-electron chi connectivity index (χ0n) is 10.2. The van der Waals surface area contributed by atoms with E-state index in [9.17, 15) is 5.11 Å². The molecule has 0 aliphatic carbocycles. The molecule has 18 heavy (non-hydrogen) atoms. The maximum Gasteiger partial charge on any atom is 0.0758 e. The highest BCUT2D eigenvalue weighted by Gasteiger charge is 2.06. The first-order valence-electron chi connectivity index (χ1n) is 5.59. The van der Waals surface area contributed by atoms with Crippen molar-refractivity contribution in [2.45, 2.75) is 11.0 Å². The van der Waals surface area contributed by atoms with Crippen molar-refractivity contribution in [2.75, 3.05) is 32.6 Å². The van der Waals surface area contributed by atoms with Crippen LogP contribution >= 0.6 is 35.0 Å². The van der Waals surface area contributed by atoms with Crippen LogP contribution in [0, 0.1) is 0 Å². The molecule has 0 spiro atoms. The summed E-state index contributed by atoms with van der Waals surface area (Å²) in [7, 11) is 1.65. The highest BCUT2D eigenvalue weighted by molar-refractivity contribution is 7.99. The van der Waals surface area contributed by atoms with Crippen LogP contribution in [-0.4, -0.2) is 43.8 Å². The van der Waals surface area contributed by atoms with Crippen molar-refractivity contribution in [1.82, 2.24) is 5.32 Å². The van der Waals surface area contributed by atoms with E-state index in [4.69, 9.17) is 27.9 Å². The Hall–Kier alpha value is 0.0300. The average Bonchev–Trinajstić information content (AvgIpc) is 2.36. The fraction of sp³-hybridized carbons (Fsp3) is 0.500. The van der Waals surface area contributed by atoms with Crippen molar-refractivity contribution < 1.29 is 9.84 Å². The number of thioether (sulfide) groups is 1. The first-order valence-corrected chi connectivity index (χ1v) is 7.33. The lowest BCUT2D eigenvalue weighted by Gasteiger charge is -2.11. The number of hydrogen-bond acceptors (Lipinski definition) is 4.